The Morgan fingerprint density at radius 3 is 2.67 bits per heavy atom. The Morgan fingerprint density at radius 2 is 2.05 bits per heavy atom. The van der Waals surface area contributed by atoms with E-state index in [9.17, 15) is 23.5 Å². The molecule has 108 valence electrons. The van der Waals surface area contributed by atoms with Crippen molar-refractivity contribution >= 4 is 27.8 Å². The molecule has 0 saturated heterocycles. The molecule has 0 spiro atoms. The van der Waals surface area contributed by atoms with Gasteiger partial charge in [-0.25, -0.2) is 8.78 Å². The van der Waals surface area contributed by atoms with Gasteiger partial charge in [-0.3, -0.25) is 4.79 Å². The van der Waals surface area contributed by atoms with Crippen LogP contribution in [0.4, 0.5) is 8.78 Å². The van der Waals surface area contributed by atoms with Crippen molar-refractivity contribution in [1.29, 1.82) is 0 Å². The van der Waals surface area contributed by atoms with Gasteiger partial charge in [0.25, 0.3) is 5.92 Å². The van der Waals surface area contributed by atoms with Crippen LogP contribution in [-0.2, 0) is 16.0 Å². The van der Waals surface area contributed by atoms with Crippen LogP contribution in [0.1, 0.15) is 30.0 Å². The first kappa shape index (κ1) is 18.5. The Morgan fingerprint density at radius 1 is 1.38 bits per heavy atom. The monoisotopic (exact) mass is 369 g/mol. The fourth-order valence-electron chi connectivity index (χ4n) is 2.23. The molecule has 1 atom stereocenters. The second-order valence-electron chi connectivity index (χ2n) is 4.62. The maximum absolute atomic E-state index is 14.0. The molecule has 1 aromatic rings. The van der Waals surface area contributed by atoms with Crippen molar-refractivity contribution in [3.05, 3.63) is 33.8 Å². The molecule has 0 radical (unpaired) electrons. The average Bonchev–Trinajstić information content (AvgIpc) is 2.60. The maximum Gasteiger partial charge on any atom is 1.00 e. The molecule has 0 heterocycles. The van der Waals surface area contributed by atoms with Crippen LogP contribution < -0.4 is 40.0 Å². The van der Waals surface area contributed by atoms with Crippen molar-refractivity contribution in [2.45, 2.75) is 31.2 Å². The number of aliphatic carboxylic acids is 1. The normalized spacial score (nSPS) is 18.5. The quantitative estimate of drug-likeness (QED) is 0.645. The molecule has 2 rings (SSSR count). The van der Waals surface area contributed by atoms with Gasteiger partial charge in [-0.15, -0.1) is 0 Å². The van der Waals surface area contributed by atoms with Crippen LogP contribution in [0.5, 0.6) is 0 Å². The number of carbonyl (C=O) groups is 2. The zero-order valence-corrected chi connectivity index (χ0v) is 14.9. The molecule has 0 saturated carbocycles. The fraction of sp³-hybridized carbons (Fsp3) is 0.385. The molecule has 8 heteroatoms. The summed E-state index contributed by atoms with van der Waals surface area (Å²) in [5.41, 5.74) is 0.814. The number of benzene rings is 1. The number of nitrogens with one attached hydrogen (secondary N) is 1. The Bertz CT molecular complexity index is 568. The number of halogens is 3. The Balaban J connectivity index is 0.00000220. The molecule has 0 fully saturated rings. The summed E-state index contributed by atoms with van der Waals surface area (Å²) in [6, 6.07) is 3.38. The van der Waals surface area contributed by atoms with E-state index in [0.29, 0.717) is 15.6 Å². The van der Waals surface area contributed by atoms with Gasteiger partial charge in [-0.2, -0.15) is 0 Å². The van der Waals surface area contributed by atoms with E-state index in [4.69, 9.17) is 0 Å². The van der Waals surface area contributed by atoms with E-state index in [2.05, 4.69) is 21.2 Å². The summed E-state index contributed by atoms with van der Waals surface area (Å²) in [4.78, 5) is 21.8. The molecular formula is C13H11BrF2NNaO3. The van der Waals surface area contributed by atoms with E-state index in [1.807, 2.05) is 0 Å². The minimum absolute atomic E-state index is 0. The minimum Gasteiger partial charge on any atom is -0.550 e. The first-order valence-electron chi connectivity index (χ1n) is 5.95. The molecule has 0 aromatic heterocycles. The van der Waals surface area contributed by atoms with Gasteiger partial charge < -0.3 is 15.2 Å². The van der Waals surface area contributed by atoms with Crippen LogP contribution in [-0.4, -0.2) is 17.8 Å². The van der Waals surface area contributed by atoms with Crippen molar-refractivity contribution in [3.8, 4) is 0 Å². The summed E-state index contributed by atoms with van der Waals surface area (Å²) >= 11 is 3.21. The summed E-state index contributed by atoms with van der Waals surface area (Å²) in [5, 5.41) is 12.5. The van der Waals surface area contributed by atoms with E-state index >= 15 is 0 Å². The predicted octanol–water partition coefficient (Wildman–Crippen LogP) is -1.67. The van der Waals surface area contributed by atoms with Gasteiger partial charge in [0.1, 0.15) is 6.04 Å². The van der Waals surface area contributed by atoms with Crippen LogP contribution in [0.15, 0.2) is 22.7 Å². The topological polar surface area (TPSA) is 69.2 Å². The van der Waals surface area contributed by atoms with Crippen LogP contribution in [0.3, 0.4) is 0 Å². The van der Waals surface area contributed by atoms with Gasteiger partial charge in [0.05, 0.1) is 0 Å². The molecule has 0 aliphatic heterocycles. The third-order valence-electron chi connectivity index (χ3n) is 3.16. The van der Waals surface area contributed by atoms with Gasteiger partial charge >= 0.3 is 29.6 Å². The molecule has 1 unspecified atom stereocenters. The Hall–Kier alpha value is -0.500. The number of carboxylic acid groups (broad SMARTS) is 1. The number of carboxylic acids is 1. The minimum atomic E-state index is -3.09. The SMILES string of the molecule is O=C([O-])CCC(=O)NC1c2cccc(Br)c2CC1(F)F.[Na+]. The average molecular weight is 370 g/mol. The molecule has 21 heavy (non-hydrogen) atoms. The Kier molecular flexibility index (Phi) is 6.34. The summed E-state index contributed by atoms with van der Waals surface area (Å²) in [6.07, 6.45) is -1.33. The number of hydrogen-bond donors (Lipinski definition) is 1. The molecular weight excluding hydrogens is 359 g/mol. The van der Waals surface area contributed by atoms with Crippen LogP contribution >= 0.6 is 15.9 Å². The van der Waals surface area contributed by atoms with Crippen LogP contribution in [0.25, 0.3) is 0 Å². The zero-order valence-electron chi connectivity index (χ0n) is 11.3. The van der Waals surface area contributed by atoms with E-state index in [1.165, 1.54) is 6.07 Å². The molecule has 1 N–H and O–H groups in total. The fourth-order valence-corrected chi connectivity index (χ4v) is 2.75. The van der Waals surface area contributed by atoms with Crippen LogP contribution in [0.2, 0.25) is 0 Å². The zero-order chi connectivity index (χ0) is 14.9. The molecule has 4 nitrogen and oxygen atoms in total. The first-order valence-corrected chi connectivity index (χ1v) is 6.75. The number of hydrogen-bond acceptors (Lipinski definition) is 3. The first-order chi connectivity index (χ1) is 9.31. The van der Waals surface area contributed by atoms with E-state index in [1.54, 1.807) is 12.1 Å². The van der Waals surface area contributed by atoms with Crippen molar-refractivity contribution in [2.24, 2.45) is 0 Å². The summed E-state index contributed by atoms with van der Waals surface area (Å²) < 4.78 is 28.5. The molecule has 1 aromatic carbocycles. The summed E-state index contributed by atoms with van der Waals surface area (Å²) in [7, 11) is 0. The number of alkyl halides is 2. The number of amides is 1. The molecule has 1 aliphatic carbocycles. The third kappa shape index (κ3) is 4.25. The van der Waals surface area contributed by atoms with Crippen molar-refractivity contribution in [2.75, 3.05) is 0 Å². The van der Waals surface area contributed by atoms with Gasteiger partial charge in [-0.1, -0.05) is 28.1 Å². The van der Waals surface area contributed by atoms with Crippen molar-refractivity contribution < 1.29 is 53.0 Å². The van der Waals surface area contributed by atoms with E-state index in [-0.39, 0.29) is 36.0 Å². The van der Waals surface area contributed by atoms with Gasteiger partial charge in [0.2, 0.25) is 5.91 Å². The summed E-state index contributed by atoms with van der Waals surface area (Å²) in [5.74, 6) is -5.21. The van der Waals surface area contributed by atoms with E-state index in [0.717, 1.165) is 0 Å². The standard InChI is InChI=1S/C13H12BrF2NO3.Na/c14-9-3-1-2-7-8(9)6-13(15,16)12(7)17-10(18)4-5-11(19)20;/h1-3,12H,4-6H2,(H,17,18)(H,19,20);/q;+1/p-1. The van der Waals surface area contributed by atoms with Crippen molar-refractivity contribution in [1.82, 2.24) is 5.32 Å². The molecule has 0 bridgehead atoms. The van der Waals surface area contributed by atoms with Gasteiger partial charge in [0.15, 0.2) is 0 Å². The van der Waals surface area contributed by atoms with Crippen LogP contribution in [0, 0.1) is 0 Å². The number of rotatable bonds is 4. The number of carbonyl (C=O) groups excluding carboxylic acids is 2. The Labute approximate surface area is 150 Å². The molecule has 1 amide bonds. The molecule has 1 aliphatic rings. The van der Waals surface area contributed by atoms with Crippen molar-refractivity contribution in [3.63, 3.8) is 0 Å². The third-order valence-corrected chi connectivity index (χ3v) is 3.91. The predicted molar refractivity (Wildman–Crippen MR) is 67.9 cm³/mol. The van der Waals surface area contributed by atoms with Gasteiger partial charge in [0, 0.05) is 23.3 Å². The number of fused-ring (bicyclic) bond motifs is 1. The smallest absolute Gasteiger partial charge is 0.550 e. The van der Waals surface area contributed by atoms with E-state index < -0.39 is 36.7 Å². The largest absolute Gasteiger partial charge is 1.00 e. The maximum atomic E-state index is 14.0. The van der Waals surface area contributed by atoms with Gasteiger partial charge in [-0.05, 0) is 23.6 Å². The second kappa shape index (κ2) is 7.17. The summed E-state index contributed by atoms with van der Waals surface area (Å²) in [6.45, 7) is 0. The second-order valence-corrected chi connectivity index (χ2v) is 5.47.